The summed E-state index contributed by atoms with van der Waals surface area (Å²) in [7, 11) is 0. The minimum Gasteiger partial charge on any atom is -0.344 e. The number of rotatable bonds is 3. The molecular weight excluding hydrogens is 456 g/mol. The molecule has 146 valence electrons. The smallest absolute Gasteiger partial charge is 0.269 e. The van der Waals surface area contributed by atoms with Crippen molar-refractivity contribution in [3.8, 4) is 6.07 Å². The quantitative estimate of drug-likeness (QED) is 0.481. The van der Waals surface area contributed by atoms with Crippen LogP contribution in [0.15, 0.2) is 63.6 Å². The summed E-state index contributed by atoms with van der Waals surface area (Å²) in [6.07, 6.45) is 0.113. The number of anilines is 1. The Bertz CT molecular complexity index is 1060. The van der Waals surface area contributed by atoms with Gasteiger partial charge in [0, 0.05) is 34.6 Å². The van der Waals surface area contributed by atoms with Crippen LogP contribution in [0, 0.1) is 21.4 Å². The van der Waals surface area contributed by atoms with Gasteiger partial charge in [0.2, 0.25) is 5.91 Å². The summed E-state index contributed by atoms with van der Waals surface area (Å²) in [6.45, 7) is 0.371. The van der Waals surface area contributed by atoms with Crippen LogP contribution in [-0.2, 0) is 4.79 Å². The van der Waals surface area contributed by atoms with Crippen LogP contribution in [0.5, 0.6) is 0 Å². The number of nitro groups is 1. The first-order valence-electron chi connectivity index (χ1n) is 8.80. The lowest BCUT2D eigenvalue weighted by Crippen LogP contribution is -2.47. The third-order valence-corrected chi connectivity index (χ3v) is 6.65. The number of nitro benzene ring substituents is 1. The number of hydrogen-bond acceptors (Lipinski definition) is 6. The van der Waals surface area contributed by atoms with Crippen LogP contribution in [0.4, 0.5) is 11.4 Å². The van der Waals surface area contributed by atoms with Crippen molar-refractivity contribution in [1.82, 2.24) is 4.90 Å². The van der Waals surface area contributed by atoms with Crippen LogP contribution in [-0.4, -0.2) is 28.3 Å². The monoisotopic (exact) mass is 470 g/mol. The van der Waals surface area contributed by atoms with Crippen molar-refractivity contribution in [3.63, 3.8) is 0 Å². The van der Waals surface area contributed by atoms with E-state index in [1.165, 1.54) is 23.9 Å². The molecule has 7 nitrogen and oxygen atoms in total. The molecule has 29 heavy (non-hydrogen) atoms. The van der Waals surface area contributed by atoms with E-state index in [9.17, 15) is 20.2 Å². The van der Waals surface area contributed by atoms with Crippen LogP contribution < -0.4 is 4.90 Å². The number of benzene rings is 2. The number of hydrogen-bond donors (Lipinski definition) is 0. The van der Waals surface area contributed by atoms with Crippen LogP contribution in [0.25, 0.3) is 0 Å². The normalized spacial score (nSPS) is 19.0. The van der Waals surface area contributed by atoms with Gasteiger partial charge in [-0.15, -0.1) is 0 Å². The first-order chi connectivity index (χ1) is 14.0. The molecule has 0 bridgehead atoms. The largest absolute Gasteiger partial charge is 0.344 e. The minimum absolute atomic E-state index is 0.0441. The van der Waals surface area contributed by atoms with Gasteiger partial charge in [-0.1, -0.05) is 39.8 Å². The topological polar surface area (TPSA) is 90.5 Å². The number of nitriles is 1. The molecule has 1 saturated heterocycles. The Morgan fingerprint density at radius 2 is 2.00 bits per heavy atom. The summed E-state index contributed by atoms with van der Waals surface area (Å²) in [6, 6.07) is 16.3. The highest BCUT2D eigenvalue weighted by Gasteiger charge is 2.38. The summed E-state index contributed by atoms with van der Waals surface area (Å²) >= 11 is 4.86. The zero-order chi connectivity index (χ0) is 20.5. The number of carbonyl (C=O) groups excluding carboxylic acids is 1. The maximum Gasteiger partial charge on any atom is 0.269 e. The van der Waals surface area contributed by atoms with Gasteiger partial charge in [-0.2, -0.15) is 5.26 Å². The summed E-state index contributed by atoms with van der Waals surface area (Å²) in [5.41, 5.74) is 2.06. The van der Waals surface area contributed by atoms with Crippen molar-refractivity contribution >= 4 is 45.0 Å². The van der Waals surface area contributed by atoms with Gasteiger partial charge >= 0.3 is 0 Å². The number of nitrogens with zero attached hydrogens (tertiary/aromatic N) is 4. The second kappa shape index (κ2) is 7.89. The van der Waals surface area contributed by atoms with Crippen LogP contribution in [0.2, 0.25) is 0 Å². The maximum atomic E-state index is 12.9. The number of carbonyl (C=O) groups is 1. The standard InChI is InChI=1S/C20H15BrN4O3S/c21-14-4-6-15(7-5-14)23-11-24-19(26)9-17(18(10-22)20(24)29-12-23)13-2-1-3-16(8-13)25(27)28/h1-8,17H,9,11-12H2/t17-/m0/s1. The van der Waals surface area contributed by atoms with E-state index in [2.05, 4.69) is 26.9 Å². The second-order valence-corrected chi connectivity index (χ2v) is 8.54. The van der Waals surface area contributed by atoms with Gasteiger partial charge in [-0.05, 0) is 29.8 Å². The van der Waals surface area contributed by atoms with Crippen molar-refractivity contribution < 1.29 is 9.72 Å². The summed E-state index contributed by atoms with van der Waals surface area (Å²) in [4.78, 5) is 27.3. The lowest BCUT2D eigenvalue weighted by molar-refractivity contribution is -0.384. The molecule has 1 amide bonds. The number of fused-ring (bicyclic) bond motifs is 1. The molecule has 2 aliphatic rings. The van der Waals surface area contributed by atoms with E-state index in [0.717, 1.165) is 10.2 Å². The molecule has 0 N–H and O–H groups in total. The predicted molar refractivity (Wildman–Crippen MR) is 114 cm³/mol. The minimum atomic E-state index is -0.467. The number of thioether (sulfide) groups is 1. The third kappa shape index (κ3) is 3.73. The van der Waals surface area contributed by atoms with E-state index in [-0.39, 0.29) is 18.0 Å². The molecule has 2 heterocycles. The Kier molecular flexibility index (Phi) is 5.30. The SMILES string of the molecule is N#CC1=C2SCN(c3ccc(Br)cc3)CN2C(=O)C[C@H]1c1cccc([N+](=O)[O-])c1. The van der Waals surface area contributed by atoms with Gasteiger partial charge in [0.25, 0.3) is 5.69 Å². The highest BCUT2D eigenvalue weighted by atomic mass is 79.9. The van der Waals surface area contributed by atoms with Crippen molar-refractivity contribution in [1.29, 1.82) is 5.26 Å². The van der Waals surface area contributed by atoms with Crippen molar-refractivity contribution in [2.24, 2.45) is 0 Å². The zero-order valence-electron chi connectivity index (χ0n) is 15.1. The van der Waals surface area contributed by atoms with Crippen molar-refractivity contribution in [3.05, 3.63) is 79.3 Å². The predicted octanol–water partition coefficient (Wildman–Crippen LogP) is 4.58. The van der Waals surface area contributed by atoms with Gasteiger partial charge in [-0.3, -0.25) is 19.8 Å². The molecule has 1 fully saturated rings. The molecule has 0 unspecified atom stereocenters. The van der Waals surface area contributed by atoms with E-state index in [4.69, 9.17) is 0 Å². The van der Waals surface area contributed by atoms with Crippen LogP contribution in [0.1, 0.15) is 17.9 Å². The molecule has 1 atom stereocenters. The van der Waals surface area contributed by atoms with Crippen molar-refractivity contribution in [2.75, 3.05) is 17.4 Å². The molecule has 0 saturated carbocycles. The summed E-state index contributed by atoms with van der Waals surface area (Å²) < 4.78 is 0.979. The molecule has 0 aliphatic carbocycles. The first-order valence-corrected chi connectivity index (χ1v) is 10.6. The Hall–Kier alpha value is -2.83. The average molecular weight is 471 g/mol. The number of non-ortho nitro benzene ring substituents is 1. The average Bonchev–Trinajstić information content (AvgIpc) is 2.74. The number of amides is 1. The number of allylic oxidation sites excluding steroid dienone is 1. The fourth-order valence-corrected chi connectivity index (χ4v) is 4.95. The molecule has 2 aromatic rings. The van der Waals surface area contributed by atoms with Gasteiger partial charge in [-0.25, -0.2) is 0 Å². The van der Waals surface area contributed by atoms with E-state index >= 15 is 0 Å². The first kappa shape index (κ1) is 19.5. The zero-order valence-corrected chi connectivity index (χ0v) is 17.5. The van der Waals surface area contributed by atoms with E-state index in [1.807, 2.05) is 24.3 Å². The lowest BCUT2D eigenvalue weighted by atomic mass is 9.86. The highest BCUT2D eigenvalue weighted by Crippen LogP contribution is 2.43. The molecule has 0 aromatic heterocycles. The van der Waals surface area contributed by atoms with Crippen molar-refractivity contribution in [2.45, 2.75) is 12.3 Å². The Balaban J connectivity index is 1.67. The second-order valence-electron chi connectivity index (χ2n) is 6.69. The molecule has 9 heteroatoms. The van der Waals surface area contributed by atoms with Crippen LogP contribution >= 0.6 is 27.7 Å². The number of halogens is 1. The fourth-order valence-electron chi connectivity index (χ4n) is 3.52. The molecule has 0 spiro atoms. The molecule has 2 aromatic carbocycles. The molecule has 0 radical (unpaired) electrons. The van der Waals surface area contributed by atoms with Gasteiger partial charge in [0.05, 0.1) is 34.1 Å². The highest BCUT2D eigenvalue weighted by molar-refractivity contribution is 9.10. The van der Waals surface area contributed by atoms with Crippen LogP contribution in [0.3, 0.4) is 0 Å². The fraction of sp³-hybridized carbons (Fsp3) is 0.200. The Labute approximate surface area is 179 Å². The summed E-state index contributed by atoms with van der Waals surface area (Å²) in [5.74, 6) is 0.0447. The van der Waals surface area contributed by atoms with E-state index in [1.54, 1.807) is 17.0 Å². The molecular formula is C20H15BrN4O3S. The Morgan fingerprint density at radius 1 is 1.24 bits per heavy atom. The Morgan fingerprint density at radius 3 is 2.69 bits per heavy atom. The maximum absolute atomic E-state index is 12.9. The van der Waals surface area contributed by atoms with Gasteiger partial charge in [0.1, 0.15) is 0 Å². The lowest BCUT2D eigenvalue weighted by Gasteiger charge is -2.42. The van der Waals surface area contributed by atoms with E-state index in [0.29, 0.717) is 28.7 Å². The van der Waals surface area contributed by atoms with Gasteiger partial charge < -0.3 is 4.90 Å². The van der Waals surface area contributed by atoms with E-state index < -0.39 is 10.8 Å². The molecule has 4 rings (SSSR count). The third-order valence-electron chi connectivity index (χ3n) is 4.97. The van der Waals surface area contributed by atoms with Gasteiger partial charge in [0.15, 0.2) is 0 Å². The summed E-state index contributed by atoms with van der Waals surface area (Å²) in [5, 5.41) is 21.6. The molecule has 2 aliphatic heterocycles.